The second kappa shape index (κ2) is 5.45. The highest BCUT2D eigenvalue weighted by Crippen LogP contribution is 2.34. The van der Waals surface area contributed by atoms with Crippen molar-refractivity contribution >= 4 is 11.9 Å². The highest BCUT2D eigenvalue weighted by Gasteiger charge is 2.33. The van der Waals surface area contributed by atoms with E-state index >= 15 is 0 Å². The van der Waals surface area contributed by atoms with Gasteiger partial charge in [0, 0.05) is 18.0 Å². The second-order valence-electron chi connectivity index (χ2n) is 5.14. The molecule has 1 aliphatic heterocycles. The Morgan fingerprint density at radius 2 is 1.95 bits per heavy atom. The van der Waals surface area contributed by atoms with Gasteiger partial charge in [0.15, 0.2) is 0 Å². The molecular formula is C15H16FNO3. The van der Waals surface area contributed by atoms with Crippen LogP contribution in [0.15, 0.2) is 35.5 Å². The molecule has 0 spiro atoms. The van der Waals surface area contributed by atoms with E-state index in [1.807, 2.05) is 13.8 Å². The fourth-order valence-corrected chi connectivity index (χ4v) is 2.44. The number of allylic oxidation sites excluding steroid dienone is 1. The van der Waals surface area contributed by atoms with Crippen molar-refractivity contribution in [1.29, 1.82) is 0 Å². The molecule has 1 atom stereocenters. The van der Waals surface area contributed by atoms with E-state index in [1.54, 1.807) is 0 Å². The number of benzene rings is 1. The highest BCUT2D eigenvalue weighted by atomic mass is 19.1. The largest absolute Gasteiger partial charge is 0.478 e. The van der Waals surface area contributed by atoms with Crippen molar-refractivity contribution in [1.82, 2.24) is 5.32 Å². The Labute approximate surface area is 116 Å². The summed E-state index contributed by atoms with van der Waals surface area (Å²) in [6.45, 7) is 3.65. The summed E-state index contributed by atoms with van der Waals surface area (Å²) in [5, 5.41) is 12.1. The van der Waals surface area contributed by atoms with Gasteiger partial charge in [-0.3, -0.25) is 4.79 Å². The molecule has 0 aliphatic carbocycles. The molecule has 1 aromatic carbocycles. The van der Waals surface area contributed by atoms with Crippen LogP contribution >= 0.6 is 0 Å². The van der Waals surface area contributed by atoms with Crippen LogP contribution in [0.4, 0.5) is 4.39 Å². The first-order chi connectivity index (χ1) is 9.40. The van der Waals surface area contributed by atoms with Crippen LogP contribution in [-0.2, 0) is 9.59 Å². The van der Waals surface area contributed by atoms with Crippen molar-refractivity contribution in [3.05, 3.63) is 46.9 Å². The maximum absolute atomic E-state index is 13.0. The van der Waals surface area contributed by atoms with Crippen LogP contribution in [-0.4, -0.2) is 17.0 Å². The van der Waals surface area contributed by atoms with Crippen molar-refractivity contribution in [2.24, 2.45) is 5.92 Å². The van der Waals surface area contributed by atoms with Crippen LogP contribution in [0.2, 0.25) is 0 Å². The first kappa shape index (κ1) is 14.2. The van der Waals surface area contributed by atoms with E-state index < -0.39 is 11.9 Å². The Bertz CT molecular complexity index is 575. The zero-order valence-electron chi connectivity index (χ0n) is 11.3. The number of amides is 1. The number of halogens is 1. The van der Waals surface area contributed by atoms with Gasteiger partial charge < -0.3 is 10.4 Å². The van der Waals surface area contributed by atoms with Gasteiger partial charge >= 0.3 is 5.97 Å². The lowest BCUT2D eigenvalue weighted by atomic mass is 9.82. The Balaban J connectivity index is 2.53. The van der Waals surface area contributed by atoms with Gasteiger partial charge in [-0.15, -0.1) is 0 Å². The van der Waals surface area contributed by atoms with E-state index in [0.717, 1.165) is 0 Å². The molecule has 0 saturated carbocycles. The first-order valence-electron chi connectivity index (χ1n) is 6.42. The minimum absolute atomic E-state index is 0.0590. The monoisotopic (exact) mass is 277 g/mol. The Morgan fingerprint density at radius 3 is 2.45 bits per heavy atom. The fraction of sp³-hybridized carbons (Fsp3) is 0.333. The molecule has 106 valence electrons. The zero-order valence-corrected chi connectivity index (χ0v) is 11.3. The van der Waals surface area contributed by atoms with Crippen LogP contribution < -0.4 is 5.32 Å². The summed E-state index contributed by atoms with van der Waals surface area (Å²) in [5.74, 6) is -2.30. The van der Waals surface area contributed by atoms with Crippen molar-refractivity contribution in [3.63, 3.8) is 0 Å². The van der Waals surface area contributed by atoms with E-state index in [1.165, 1.54) is 24.3 Å². The first-order valence-corrected chi connectivity index (χ1v) is 6.42. The molecule has 0 bridgehead atoms. The normalized spacial score (nSPS) is 19.2. The molecule has 4 nitrogen and oxygen atoms in total. The lowest BCUT2D eigenvalue weighted by Gasteiger charge is -2.28. The summed E-state index contributed by atoms with van der Waals surface area (Å²) in [6.07, 6.45) is 0.0590. The topological polar surface area (TPSA) is 66.4 Å². The summed E-state index contributed by atoms with van der Waals surface area (Å²) >= 11 is 0. The second-order valence-corrected chi connectivity index (χ2v) is 5.14. The molecule has 0 radical (unpaired) electrons. The molecule has 5 heteroatoms. The van der Waals surface area contributed by atoms with Crippen molar-refractivity contribution in [2.45, 2.75) is 26.2 Å². The molecule has 0 fully saturated rings. The molecule has 20 heavy (non-hydrogen) atoms. The fourth-order valence-electron chi connectivity index (χ4n) is 2.44. The van der Waals surface area contributed by atoms with Crippen LogP contribution in [0.5, 0.6) is 0 Å². The summed E-state index contributed by atoms with van der Waals surface area (Å²) in [7, 11) is 0. The minimum atomic E-state index is -1.05. The van der Waals surface area contributed by atoms with Crippen molar-refractivity contribution in [3.8, 4) is 0 Å². The number of rotatable bonds is 3. The van der Waals surface area contributed by atoms with Gasteiger partial charge in [-0.1, -0.05) is 26.0 Å². The van der Waals surface area contributed by atoms with Crippen LogP contribution in [0.25, 0.3) is 0 Å². The standard InChI is InChI=1S/C15H16FNO3/c1-8(2)14-13(15(19)20)11(7-12(18)17-14)9-3-5-10(16)6-4-9/h3-6,8,11H,7H2,1-2H3,(H,17,18)(H,19,20). The SMILES string of the molecule is CC(C)C1=C(C(=O)O)C(c2ccc(F)cc2)CC(=O)N1. The summed E-state index contributed by atoms with van der Waals surface area (Å²) in [5.41, 5.74) is 1.26. The van der Waals surface area contributed by atoms with E-state index in [4.69, 9.17) is 0 Å². The van der Waals surface area contributed by atoms with Crippen LogP contribution in [0.3, 0.4) is 0 Å². The van der Waals surface area contributed by atoms with Crippen molar-refractivity contribution in [2.75, 3.05) is 0 Å². The van der Waals surface area contributed by atoms with Crippen LogP contribution in [0, 0.1) is 11.7 Å². The molecule has 2 rings (SSSR count). The molecule has 1 aliphatic rings. The molecule has 1 unspecified atom stereocenters. The molecule has 1 heterocycles. The average molecular weight is 277 g/mol. The number of carboxylic acid groups (broad SMARTS) is 1. The van der Waals surface area contributed by atoms with Gasteiger partial charge in [0.25, 0.3) is 0 Å². The number of hydrogen-bond donors (Lipinski definition) is 2. The Hall–Kier alpha value is -2.17. The van der Waals surface area contributed by atoms with Gasteiger partial charge in [-0.05, 0) is 23.6 Å². The lowest BCUT2D eigenvalue weighted by molar-refractivity contribution is -0.133. The van der Waals surface area contributed by atoms with E-state index in [0.29, 0.717) is 11.3 Å². The average Bonchev–Trinajstić information content (AvgIpc) is 2.38. The number of carbonyl (C=O) groups is 2. The van der Waals surface area contributed by atoms with Gasteiger partial charge in [-0.25, -0.2) is 9.18 Å². The van der Waals surface area contributed by atoms with Crippen LogP contribution in [0.1, 0.15) is 31.7 Å². The lowest BCUT2D eigenvalue weighted by Crippen LogP contribution is -2.36. The van der Waals surface area contributed by atoms with Gasteiger partial charge in [0.2, 0.25) is 5.91 Å². The number of aliphatic carboxylic acids is 1. The van der Waals surface area contributed by atoms with E-state index in [2.05, 4.69) is 5.32 Å². The maximum atomic E-state index is 13.0. The summed E-state index contributed by atoms with van der Waals surface area (Å²) in [6, 6.07) is 5.60. The minimum Gasteiger partial charge on any atom is -0.478 e. The molecular weight excluding hydrogens is 261 g/mol. The zero-order chi connectivity index (χ0) is 14.9. The number of carboxylic acids is 1. The molecule has 0 saturated heterocycles. The Kier molecular flexibility index (Phi) is 3.88. The van der Waals surface area contributed by atoms with Gasteiger partial charge in [-0.2, -0.15) is 0 Å². The third kappa shape index (κ3) is 2.71. The summed E-state index contributed by atoms with van der Waals surface area (Å²) in [4.78, 5) is 23.3. The Morgan fingerprint density at radius 1 is 1.35 bits per heavy atom. The molecule has 0 aromatic heterocycles. The van der Waals surface area contributed by atoms with E-state index in [-0.39, 0.29) is 29.6 Å². The highest BCUT2D eigenvalue weighted by molar-refractivity contribution is 5.94. The van der Waals surface area contributed by atoms with Crippen molar-refractivity contribution < 1.29 is 19.1 Å². The maximum Gasteiger partial charge on any atom is 0.333 e. The smallest absolute Gasteiger partial charge is 0.333 e. The van der Waals surface area contributed by atoms with Gasteiger partial charge in [0.05, 0.1) is 5.57 Å². The molecule has 2 N–H and O–H groups in total. The number of carbonyl (C=O) groups excluding carboxylic acids is 1. The van der Waals surface area contributed by atoms with E-state index in [9.17, 15) is 19.1 Å². The third-order valence-electron chi connectivity index (χ3n) is 3.38. The predicted octanol–water partition coefficient (Wildman–Crippen LogP) is 2.42. The molecule has 1 amide bonds. The summed E-state index contributed by atoms with van der Waals surface area (Å²) < 4.78 is 13.0. The predicted molar refractivity (Wildman–Crippen MR) is 71.4 cm³/mol. The molecule has 1 aromatic rings. The number of nitrogens with one attached hydrogen (secondary N) is 1. The quantitative estimate of drug-likeness (QED) is 0.891. The van der Waals surface area contributed by atoms with Gasteiger partial charge in [0.1, 0.15) is 5.82 Å². The number of hydrogen-bond acceptors (Lipinski definition) is 2. The third-order valence-corrected chi connectivity index (χ3v) is 3.38.